The standard InChI is InChI=1S/C18H22BrN3O3/c1-10(2)16-15(19)17(22-21-16)18(24)20-13(9-14(23)25-4)12-7-5-11(3)6-8-12/h5-8,10,13H,9H2,1-4H3,(H,20,24)(H,21,22). The molecule has 0 spiro atoms. The van der Waals surface area contributed by atoms with Crippen LogP contribution in [-0.2, 0) is 9.53 Å². The van der Waals surface area contributed by atoms with Crippen molar-refractivity contribution in [3.8, 4) is 0 Å². The number of H-pyrrole nitrogens is 1. The number of benzene rings is 1. The first-order valence-electron chi connectivity index (χ1n) is 8.01. The summed E-state index contributed by atoms with van der Waals surface area (Å²) in [5.41, 5.74) is 3.05. The fourth-order valence-electron chi connectivity index (χ4n) is 2.40. The summed E-state index contributed by atoms with van der Waals surface area (Å²) in [7, 11) is 1.33. The number of hydrogen-bond donors (Lipinski definition) is 2. The van der Waals surface area contributed by atoms with E-state index >= 15 is 0 Å². The van der Waals surface area contributed by atoms with E-state index in [1.807, 2.05) is 45.0 Å². The molecule has 1 heterocycles. The first-order valence-corrected chi connectivity index (χ1v) is 8.80. The van der Waals surface area contributed by atoms with Crippen molar-refractivity contribution in [3.05, 3.63) is 51.3 Å². The minimum absolute atomic E-state index is 0.0460. The molecule has 2 rings (SSSR count). The zero-order valence-electron chi connectivity index (χ0n) is 14.7. The number of aromatic nitrogens is 2. The molecule has 1 atom stereocenters. The smallest absolute Gasteiger partial charge is 0.307 e. The Bertz CT molecular complexity index is 753. The second-order valence-corrected chi connectivity index (χ2v) is 6.96. The number of halogens is 1. The first kappa shape index (κ1) is 19.2. The van der Waals surface area contributed by atoms with Gasteiger partial charge in [0.1, 0.15) is 0 Å². The van der Waals surface area contributed by atoms with Crippen molar-refractivity contribution >= 4 is 27.8 Å². The van der Waals surface area contributed by atoms with Gasteiger partial charge < -0.3 is 10.1 Å². The predicted molar refractivity (Wildman–Crippen MR) is 98.4 cm³/mol. The van der Waals surface area contributed by atoms with Crippen molar-refractivity contribution < 1.29 is 14.3 Å². The maximum atomic E-state index is 12.6. The van der Waals surface area contributed by atoms with Crippen LogP contribution in [0.2, 0.25) is 0 Å². The molecule has 0 aliphatic rings. The SMILES string of the molecule is COC(=O)CC(NC(=O)c1n[nH]c(C(C)C)c1Br)c1ccc(C)cc1. The number of ether oxygens (including phenoxy) is 1. The summed E-state index contributed by atoms with van der Waals surface area (Å²) in [6.45, 7) is 5.99. The number of carbonyl (C=O) groups excluding carboxylic acids is 2. The molecule has 6 nitrogen and oxygen atoms in total. The lowest BCUT2D eigenvalue weighted by atomic mass is 10.0. The highest BCUT2D eigenvalue weighted by Gasteiger charge is 2.24. The zero-order chi connectivity index (χ0) is 18.6. The Labute approximate surface area is 155 Å². The number of hydrogen-bond acceptors (Lipinski definition) is 4. The molecule has 1 aromatic heterocycles. The van der Waals surface area contributed by atoms with Crippen LogP contribution in [-0.4, -0.2) is 29.2 Å². The van der Waals surface area contributed by atoms with Crippen LogP contribution in [0.4, 0.5) is 0 Å². The predicted octanol–water partition coefficient (Wildman–Crippen LogP) is 3.64. The largest absolute Gasteiger partial charge is 0.469 e. The van der Waals surface area contributed by atoms with Gasteiger partial charge in [-0.3, -0.25) is 14.7 Å². The number of aryl methyl sites for hydroxylation is 1. The van der Waals surface area contributed by atoms with Crippen LogP contribution in [0, 0.1) is 6.92 Å². The van der Waals surface area contributed by atoms with E-state index in [9.17, 15) is 9.59 Å². The summed E-state index contributed by atoms with van der Waals surface area (Å²) in [4.78, 5) is 24.4. The summed E-state index contributed by atoms with van der Waals surface area (Å²) >= 11 is 3.43. The molecule has 0 aliphatic heterocycles. The number of carbonyl (C=O) groups is 2. The number of rotatable bonds is 6. The minimum Gasteiger partial charge on any atom is -0.469 e. The van der Waals surface area contributed by atoms with Crippen molar-refractivity contribution in [2.24, 2.45) is 0 Å². The molecule has 1 aromatic carbocycles. The lowest BCUT2D eigenvalue weighted by Crippen LogP contribution is -2.31. The Balaban J connectivity index is 2.25. The van der Waals surface area contributed by atoms with Crippen molar-refractivity contribution in [1.29, 1.82) is 0 Å². The number of aromatic amines is 1. The van der Waals surface area contributed by atoms with E-state index in [-0.39, 0.29) is 23.9 Å². The molecule has 0 aliphatic carbocycles. The summed E-state index contributed by atoms with van der Waals surface area (Å²) in [5.74, 6) is -0.550. The molecule has 2 aromatic rings. The molecule has 2 N–H and O–H groups in total. The van der Waals surface area contributed by atoms with Gasteiger partial charge in [0.25, 0.3) is 5.91 Å². The molecule has 0 radical (unpaired) electrons. The molecule has 1 unspecified atom stereocenters. The Kier molecular flexibility index (Phi) is 6.36. The summed E-state index contributed by atoms with van der Waals surface area (Å²) in [6.07, 6.45) is 0.0460. The van der Waals surface area contributed by atoms with E-state index in [1.54, 1.807) is 0 Å². The Morgan fingerprint density at radius 3 is 2.44 bits per heavy atom. The van der Waals surface area contributed by atoms with E-state index in [1.165, 1.54) is 7.11 Å². The number of nitrogens with zero attached hydrogens (tertiary/aromatic N) is 1. The Morgan fingerprint density at radius 2 is 1.92 bits per heavy atom. The molecule has 0 saturated carbocycles. The number of nitrogens with one attached hydrogen (secondary N) is 2. The van der Waals surface area contributed by atoms with Crippen LogP contribution < -0.4 is 5.32 Å². The van der Waals surface area contributed by atoms with Gasteiger partial charge in [-0.2, -0.15) is 5.10 Å². The number of esters is 1. The van der Waals surface area contributed by atoms with Crippen LogP contribution in [0.3, 0.4) is 0 Å². The van der Waals surface area contributed by atoms with Gasteiger partial charge in [-0.15, -0.1) is 0 Å². The van der Waals surface area contributed by atoms with Crippen molar-refractivity contribution in [2.45, 2.75) is 39.2 Å². The van der Waals surface area contributed by atoms with Crippen molar-refractivity contribution in [2.75, 3.05) is 7.11 Å². The van der Waals surface area contributed by atoms with Gasteiger partial charge in [-0.1, -0.05) is 43.7 Å². The molecule has 0 saturated heterocycles. The lowest BCUT2D eigenvalue weighted by Gasteiger charge is -2.18. The fraction of sp³-hybridized carbons (Fsp3) is 0.389. The Morgan fingerprint density at radius 1 is 1.28 bits per heavy atom. The third-order valence-corrected chi connectivity index (χ3v) is 4.71. The van der Waals surface area contributed by atoms with Crippen molar-refractivity contribution in [3.63, 3.8) is 0 Å². The highest BCUT2D eigenvalue weighted by Crippen LogP contribution is 2.26. The fourth-order valence-corrected chi connectivity index (χ4v) is 3.22. The second kappa shape index (κ2) is 8.29. The van der Waals surface area contributed by atoms with Gasteiger partial charge in [0, 0.05) is 0 Å². The molecular weight excluding hydrogens is 386 g/mol. The molecule has 25 heavy (non-hydrogen) atoms. The molecular formula is C18H22BrN3O3. The van der Waals surface area contributed by atoms with E-state index in [0.29, 0.717) is 4.47 Å². The number of amides is 1. The van der Waals surface area contributed by atoms with Crippen LogP contribution in [0.25, 0.3) is 0 Å². The van der Waals surface area contributed by atoms with E-state index in [4.69, 9.17) is 4.74 Å². The van der Waals surface area contributed by atoms with Gasteiger partial charge >= 0.3 is 5.97 Å². The highest BCUT2D eigenvalue weighted by atomic mass is 79.9. The average Bonchev–Trinajstić information content (AvgIpc) is 2.96. The molecule has 0 bridgehead atoms. The second-order valence-electron chi connectivity index (χ2n) is 6.17. The minimum atomic E-state index is -0.494. The monoisotopic (exact) mass is 407 g/mol. The third-order valence-electron chi connectivity index (χ3n) is 3.91. The molecule has 0 fully saturated rings. The number of methoxy groups -OCH3 is 1. The van der Waals surface area contributed by atoms with Gasteiger partial charge in [-0.25, -0.2) is 0 Å². The maximum absolute atomic E-state index is 12.6. The van der Waals surface area contributed by atoms with Crippen LogP contribution in [0.1, 0.15) is 59.5 Å². The Hall–Kier alpha value is -2.15. The lowest BCUT2D eigenvalue weighted by molar-refractivity contribution is -0.141. The van der Waals surface area contributed by atoms with Crippen molar-refractivity contribution in [1.82, 2.24) is 15.5 Å². The van der Waals surface area contributed by atoms with Crippen LogP contribution >= 0.6 is 15.9 Å². The van der Waals surface area contributed by atoms with Crippen LogP contribution in [0.15, 0.2) is 28.7 Å². The zero-order valence-corrected chi connectivity index (χ0v) is 16.3. The first-order chi connectivity index (χ1) is 11.8. The van der Waals surface area contributed by atoms with E-state index in [0.717, 1.165) is 16.8 Å². The average molecular weight is 408 g/mol. The van der Waals surface area contributed by atoms with E-state index < -0.39 is 12.0 Å². The maximum Gasteiger partial charge on any atom is 0.307 e. The van der Waals surface area contributed by atoms with Gasteiger partial charge in [-0.05, 0) is 34.3 Å². The summed E-state index contributed by atoms with van der Waals surface area (Å²) in [6, 6.07) is 7.16. The van der Waals surface area contributed by atoms with Gasteiger partial charge in [0.05, 0.1) is 29.7 Å². The molecule has 7 heteroatoms. The quantitative estimate of drug-likeness (QED) is 0.715. The van der Waals surface area contributed by atoms with E-state index in [2.05, 4.69) is 31.4 Å². The van der Waals surface area contributed by atoms with Gasteiger partial charge in [0.15, 0.2) is 5.69 Å². The molecule has 1 amide bonds. The van der Waals surface area contributed by atoms with Crippen LogP contribution in [0.5, 0.6) is 0 Å². The van der Waals surface area contributed by atoms with Gasteiger partial charge in [0.2, 0.25) is 0 Å². The normalized spacial score (nSPS) is 12.1. The highest BCUT2D eigenvalue weighted by molar-refractivity contribution is 9.10. The summed E-state index contributed by atoms with van der Waals surface area (Å²) < 4.78 is 5.39. The topological polar surface area (TPSA) is 84.1 Å². The summed E-state index contributed by atoms with van der Waals surface area (Å²) in [5, 5.41) is 9.85. The third kappa shape index (κ3) is 4.69. The molecule has 134 valence electrons.